The van der Waals surface area contributed by atoms with E-state index in [1.54, 1.807) is 0 Å². The maximum atomic E-state index is 13.4. The minimum absolute atomic E-state index is 0.0900. The summed E-state index contributed by atoms with van der Waals surface area (Å²) in [5.74, 6) is 1.61. The summed E-state index contributed by atoms with van der Waals surface area (Å²) in [6.07, 6.45) is 11.3. The molecule has 5 fully saturated rings. The molecule has 0 N–H and O–H groups in total. The van der Waals surface area contributed by atoms with E-state index in [9.17, 15) is 4.79 Å². The van der Waals surface area contributed by atoms with Crippen molar-refractivity contribution in [2.75, 3.05) is 6.23 Å². The molecule has 6 atom stereocenters. The standard InChI is InChI=1S/C23H38O4Si/c1-20-10-6-11-21(2,19(24)25-15-28(3,4)5)17(20)9-12-22-13-16(7-8-18(20)22)23(14-22)26-27-23/h16-18H,6-15H2,1-5H3/t16-,17+,18+,20-,21-,22+/m1/s1. The van der Waals surface area contributed by atoms with Gasteiger partial charge in [-0.2, -0.15) is 9.78 Å². The van der Waals surface area contributed by atoms with Gasteiger partial charge in [0.1, 0.15) is 0 Å². The van der Waals surface area contributed by atoms with Gasteiger partial charge in [-0.3, -0.25) is 4.79 Å². The van der Waals surface area contributed by atoms with Gasteiger partial charge in [0, 0.05) is 12.3 Å². The minimum atomic E-state index is -1.40. The highest BCUT2D eigenvalue weighted by Crippen LogP contribution is 2.75. The lowest BCUT2D eigenvalue weighted by molar-refractivity contribution is -0.185. The van der Waals surface area contributed by atoms with Crippen molar-refractivity contribution in [1.29, 1.82) is 0 Å². The predicted octanol–water partition coefficient (Wildman–Crippen LogP) is 5.48. The van der Waals surface area contributed by atoms with E-state index in [4.69, 9.17) is 14.5 Å². The summed E-state index contributed by atoms with van der Waals surface area (Å²) in [4.78, 5) is 24.5. The molecule has 1 saturated heterocycles. The van der Waals surface area contributed by atoms with Crippen molar-refractivity contribution in [1.82, 2.24) is 0 Å². The van der Waals surface area contributed by atoms with E-state index in [0.717, 1.165) is 25.7 Å². The first kappa shape index (κ1) is 19.6. The summed E-state index contributed by atoms with van der Waals surface area (Å²) >= 11 is 0. The molecule has 0 radical (unpaired) electrons. The smallest absolute Gasteiger partial charge is 0.311 e. The average molecular weight is 407 g/mol. The van der Waals surface area contributed by atoms with E-state index >= 15 is 0 Å². The quantitative estimate of drug-likeness (QED) is 0.270. The van der Waals surface area contributed by atoms with E-state index in [1.807, 2.05) is 0 Å². The van der Waals surface area contributed by atoms with Gasteiger partial charge in [0.05, 0.1) is 19.7 Å². The lowest BCUT2D eigenvalue weighted by atomic mass is 9.41. The zero-order valence-electron chi connectivity index (χ0n) is 18.4. The number of esters is 1. The molecule has 4 nitrogen and oxygen atoms in total. The Morgan fingerprint density at radius 3 is 2.46 bits per heavy atom. The lowest BCUT2D eigenvalue weighted by Gasteiger charge is -2.63. The molecule has 0 aromatic carbocycles. The largest absolute Gasteiger partial charge is 0.469 e. The molecule has 0 unspecified atom stereocenters. The molecule has 28 heavy (non-hydrogen) atoms. The van der Waals surface area contributed by atoms with Gasteiger partial charge in [-0.1, -0.05) is 33.0 Å². The molecule has 5 rings (SSSR count). The Morgan fingerprint density at radius 2 is 1.79 bits per heavy atom. The molecule has 1 heterocycles. The second kappa shape index (κ2) is 5.85. The summed E-state index contributed by atoms with van der Waals surface area (Å²) in [7, 11) is -1.40. The van der Waals surface area contributed by atoms with Crippen molar-refractivity contribution in [3.8, 4) is 0 Å². The maximum Gasteiger partial charge on any atom is 0.311 e. The van der Waals surface area contributed by atoms with Gasteiger partial charge in [0.15, 0.2) is 0 Å². The van der Waals surface area contributed by atoms with Crippen molar-refractivity contribution in [2.24, 2.45) is 34.0 Å². The Labute approximate surface area is 171 Å². The molecule has 0 aromatic heterocycles. The number of rotatable bonds is 3. The number of carbonyl (C=O) groups excluding carboxylic acids is 1. The molecule has 5 aliphatic rings. The van der Waals surface area contributed by atoms with E-state index in [1.165, 1.54) is 32.1 Å². The van der Waals surface area contributed by atoms with Crippen LogP contribution in [0, 0.1) is 34.0 Å². The fourth-order valence-corrected chi connectivity index (χ4v) is 8.92. The van der Waals surface area contributed by atoms with Crippen molar-refractivity contribution in [2.45, 2.75) is 97.1 Å². The van der Waals surface area contributed by atoms with Crippen molar-refractivity contribution >= 4 is 14.0 Å². The second-order valence-electron chi connectivity index (χ2n) is 12.6. The first-order chi connectivity index (χ1) is 13.0. The van der Waals surface area contributed by atoms with Gasteiger partial charge in [-0.25, -0.2) is 0 Å². The van der Waals surface area contributed by atoms with Gasteiger partial charge >= 0.3 is 5.97 Å². The molecule has 0 amide bonds. The number of ether oxygens (including phenoxy) is 1. The van der Waals surface area contributed by atoms with Crippen LogP contribution in [0.5, 0.6) is 0 Å². The first-order valence-electron chi connectivity index (χ1n) is 11.6. The summed E-state index contributed by atoms with van der Waals surface area (Å²) in [5, 5.41) is 0. The molecule has 4 aliphatic carbocycles. The fraction of sp³-hybridized carbons (Fsp3) is 0.957. The van der Waals surface area contributed by atoms with Crippen LogP contribution in [0.15, 0.2) is 0 Å². The van der Waals surface area contributed by atoms with Crippen LogP contribution in [0.2, 0.25) is 19.6 Å². The van der Waals surface area contributed by atoms with Crippen LogP contribution in [0.3, 0.4) is 0 Å². The van der Waals surface area contributed by atoms with E-state index in [2.05, 4.69) is 33.5 Å². The highest BCUT2D eigenvalue weighted by Gasteiger charge is 2.73. The highest BCUT2D eigenvalue weighted by molar-refractivity contribution is 6.76. The zero-order valence-corrected chi connectivity index (χ0v) is 19.4. The maximum absolute atomic E-state index is 13.4. The molecule has 2 spiro atoms. The summed E-state index contributed by atoms with van der Waals surface area (Å²) in [6.45, 7) is 11.6. The molecule has 5 heteroatoms. The Kier molecular flexibility index (Phi) is 4.09. The third-order valence-corrected chi connectivity index (χ3v) is 10.5. The number of carbonyl (C=O) groups is 1. The normalized spacial score (nSPS) is 48.7. The van der Waals surface area contributed by atoms with Gasteiger partial charge < -0.3 is 4.74 Å². The summed E-state index contributed by atoms with van der Waals surface area (Å²) in [6, 6.07) is 0. The number of fused-ring (bicyclic) bond motifs is 4. The van der Waals surface area contributed by atoms with E-state index in [0.29, 0.717) is 29.4 Å². The van der Waals surface area contributed by atoms with Gasteiger partial charge in [-0.05, 0) is 74.5 Å². The van der Waals surface area contributed by atoms with Crippen LogP contribution >= 0.6 is 0 Å². The van der Waals surface area contributed by atoms with Crippen LogP contribution in [0.4, 0.5) is 0 Å². The van der Waals surface area contributed by atoms with Crippen molar-refractivity contribution in [3.63, 3.8) is 0 Å². The number of hydrogen-bond donors (Lipinski definition) is 0. The van der Waals surface area contributed by atoms with Crippen molar-refractivity contribution in [3.05, 3.63) is 0 Å². The van der Waals surface area contributed by atoms with Crippen LogP contribution in [0.1, 0.15) is 71.6 Å². The summed E-state index contributed by atoms with van der Waals surface area (Å²) in [5.41, 5.74) is 0.313. The number of hydrogen-bond acceptors (Lipinski definition) is 4. The highest BCUT2D eigenvalue weighted by atomic mass is 28.3. The molecule has 0 aromatic rings. The molecule has 4 saturated carbocycles. The molecule has 1 aliphatic heterocycles. The predicted molar refractivity (Wildman–Crippen MR) is 110 cm³/mol. The second-order valence-corrected chi connectivity index (χ2v) is 18.0. The SMILES string of the molecule is C[C@@]12CCC[C@@](C)(C(=O)OC[Si](C)(C)C)[C@H]1CC[C@@]13C[C@@H](CC[C@H]12)C1(C3)OO1. The molecule has 158 valence electrons. The zero-order chi connectivity index (χ0) is 20.0. The van der Waals surface area contributed by atoms with Gasteiger partial charge in [-0.15, -0.1) is 0 Å². The van der Waals surface area contributed by atoms with Gasteiger partial charge in [0.25, 0.3) is 0 Å². The third kappa shape index (κ3) is 2.64. The van der Waals surface area contributed by atoms with Crippen molar-refractivity contribution < 1.29 is 19.3 Å². The molecular weight excluding hydrogens is 368 g/mol. The third-order valence-electron chi connectivity index (χ3n) is 9.52. The lowest BCUT2D eigenvalue weighted by Crippen LogP contribution is -2.58. The Bertz CT molecular complexity index is 683. The molecular formula is C23H38O4Si. The van der Waals surface area contributed by atoms with Crippen LogP contribution in [-0.2, 0) is 19.3 Å². The Balaban J connectivity index is 1.42. The molecule has 2 bridgehead atoms. The monoisotopic (exact) mass is 406 g/mol. The average Bonchev–Trinajstić information content (AvgIpc) is 3.34. The minimum Gasteiger partial charge on any atom is -0.469 e. The van der Waals surface area contributed by atoms with Gasteiger partial charge in [0.2, 0.25) is 5.79 Å². The van der Waals surface area contributed by atoms with Crippen LogP contribution in [0.25, 0.3) is 0 Å². The summed E-state index contributed by atoms with van der Waals surface area (Å²) < 4.78 is 5.96. The first-order valence-corrected chi connectivity index (χ1v) is 15.3. The van der Waals surface area contributed by atoms with E-state index in [-0.39, 0.29) is 22.6 Å². The van der Waals surface area contributed by atoms with Crippen LogP contribution < -0.4 is 0 Å². The Morgan fingerprint density at radius 1 is 1.04 bits per heavy atom. The van der Waals surface area contributed by atoms with Crippen LogP contribution in [-0.4, -0.2) is 26.1 Å². The fourth-order valence-electron chi connectivity index (χ4n) is 8.36. The topological polar surface area (TPSA) is 51.4 Å². The Hall–Kier alpha value is -0.393. The van der Waals surface area contributed by atoms with E-state index < -0.39 is 8.07 Å².